The van der Waals surface area contributed by atoms with Gasteiger partial charge in [-0.05, 0) is 33.6 Å². The third-order valence-electron chi connectivity index (χ3n) is 3.65. The number of piperazine rings is 1. The van der Waals surface area contributed by atoms with Gasteiger partial charge >= 0.3 is 0 Å². The van der Waals surface area contributed by atoms with Crippen molar-refractivity contribution in [3.63, 3.8) is 0 Å². The highest BCUT2D eigenvalue weighted by atomic mass is 16.5. The summed E-state index contributed by atoms with van der Waals surface area (Å²) in [6.07, 6.45) is 0. The molecule has 0 saturated carbocycles. The van der Waals surface area contributed by atoms with Gasteiger partial charge in [0.1, 0.15) is 0 Å². The van der Waals surface area contributed by atoms with Crippen LogP contribution in [0.2, 0.25) is 0 Å². The van der Waals surface area contributed by atoms with E-state index >= 15 is 0 Å². The zero-order valence-electron chi connectivity index (χ0n) is 12.4. The zero-order valence-corrected chi connectivity index (χ0v) is 12.4. The molecule has 102 valence electrons. The van der Waals surface area contributed by atoms with Crippen molar-refractivity contribution in [3.05, 3.63) is 0 Å². The second-order valence-electron chi connectivity index (χ2n) is 6.23. The van der Waals surface area contributed by atoms with Gasteiger partial charge in [-0.1, -0.05) is 13.8 Å². The zero-order chi connectivity index (χ0) is 13.1. The molecule has 0 radical (unpaired) electrons. The first-order valence-electron chi connectivity index (χ1n) is 6.97. The van der Waals surface area contributed by atoms with E-state index in [1.807, 2.05) is 0 Å². The first-order chi connectivity index (χ1) is 7.85. The van der Waals surface area contributed by atoms with E-state index in [-0.39, 0.29) is 5.60 Å². The fourth-order valence-electron chi connectivity index (χ4n) is 2.54. The maximum absolute atomic E-state index is 5.81. The Hall–Kier alpha value is -0.120. The van der Waals surface area contributed by atoms with Crippen molar-refractivity contribution in [1.82, 2.24) is 10.2 Å². The minimum Gasteiger partial charge on any atom is -0.375 e. The Kier molecular flexibility index (Phi) is 5.42. The second kappa shape index (κ2) is 6.17. The van der Waals surface area contributed by atoms with E-state index in [1.54, 1.807) is 0 Å². The Morgan fingerprint density at radius 1 is 1.41 bits per heavy atom. The van der Waals surface area contributed by atoms with Crippen molar-refractivity contribution in [2.75, 3.05) is 26.2 Å². The van der Waals surface area contributed by atoms with E-state index in [9.17, 15) is 0 Å². The highest BCUT2D eigenvalue weighted by molar-refractivity contribution is 4.88. The van der Waals surface area contributed by atoms with Crippen LogP contribution in [0.4, 0.5) is 0 Å². The highest BCUT2D eigenvalue weighted by Gasteiger charge is 2.31. The summed E-state index contributed by atoms with van der Waals surface area (Å²) in [6, 6.07) is 1.22. The normalized spacial score (nSPS) is 27.7. The van der Waals surface area contributed by atoms with Crippen LogP contribution in [0.15, 0.2) is 0 Å². The van der Waals surface area contributed by atoms with Gasteiger partial charge in [-0.25, -0.2) is 0 Å². The van der Waals surface area contributed by atoms with Crippen molar-refractivity contribution in [2.45, 2.75) is 59.2 Å². The van der Waals surface area contributed by atoms with Crippen molar-refractivity contribution in [2.24, 2.45) is 5.92 Å². The Labute approximate surface area is 107 Å². The molecule has 1 rings (SSSR count). The van der Waals surface area contributed by atoms with Gasteiger partial charge in [0, 0.05) is 38.3 Å². The molecule has 2 atom stereocenters. The predicted octanol–water partition coefficient (Wildman–Crippen LogP) is 2.12. The van der Waals surface area contributed by atoms with Gasteiger partial charge in [-0.3, -0.25) is 4.90 Å². The summed E-state index contributed by atoms with van der Waals surface area (Å²) in [5.41, 5.74) is -0.0398. The molecule has 0 spiro atoms. The van der Waals surface area contributed by atoms with Gasteiger partial charge < -0.3 is 10.1 Å². The quantitative estimate of drug-likeness (QED) is 0.799. The highest BCUT2D eigenvalue weighted by Crippen LogP contribution is 2.18. The average molecular weight is 242 g/mol. The number of nitrogens with one attached hydrogen (secondary N) is 1. The summed E-state index contributed by atoms with van der Waals surface area (Å²) in [5, 5.41) is 3.63. The van der Waals surface area contributed by atoms with Crippen LogP contribution in [0.25, 0.3) is 0 Å². The number of hydrogen-bond acceptors (Lipinski definition) is 3. The van der Waals surface area contributed by atoms with Gasteiger partial charge in [0.25, 0.3) is 0 Å². The third kappa shape index (κ3) is 4.57. The van der Waals surface area contributed by atoms with Gasteiger partial charge in [-0.15, -0.1) is 0 Å². The van der Waals surface area contributed by atoms with E-state index in [2.05, 4.69) is 51.8 Å². The Morgan fingerprint density at radius 3 is 2.59 bits per heavy atom. The van der Waals surface area contributed by atoms with Crippen LogP contribution in [-0.4, -0.2) is 48.8 Å². The van der Waals surface area contributed by atoms with Crippen molar-refractivity contribution in [3.8, 4) is 0 Å². The van der Waals surface area contributed by atoms with Crippen LogP contribution in [0, 0.1) is 5.92 Å². The summed E-state index contributed by atoms with van der Waals surface area (Å²) in [5.74, 6) is 0.695. The van der Waals surface area contributed by atoms with Crippen LogP contribution < -0.4 is 5.32 Å². The fraction of sp³-hybridized carbons (Fsp3) is 1.00. The monoisotopic (exact) mass is 242 g/mol. The molecule has 3 heteroatoms. The van der Waals surface area contributed by atoms with Gasteiger partial charge in [0.2, 0.25) is 0 Å². The summed E-state index contributed by atoms with van der Waals surface area (Å²) >= 11 is 0. The molecule has 1 heterocycles. The molecular weight excluding hydrogens is 212 g/mol. The first kappa shape index (κ1) is 14.9. The van der Waals surface area contributed by atoms with Crippen molar-refractivity contribution >= 4 is 0 Å². The number of ether oxygens (including phenoxy) is 1. The average Bonchev–Trinajstić information content (AvgIpc) is 2.20. The Balaban J connectivity index is 2.55. The lowest BCUT2D eigenvalue weighted by atomic mass is 9.98. The molecule has 0 bridgehead atoms. The largest absolute Gasteiger partial charge is 0.375 e. The number of rotatable bonds is 5. The molecule has 1 saturated heterocycles. The molecular formula is C14H30N2O. The van der Waals surface area contributed by atoms with Gasteiger partial charge in [-0.2, -0.15) is 0 Å². The number of nitrogens with zero attached hydrogens (tertiary/aromatic N) is 1. The lowest BCUT2D eigenvalue weighted by Gasteiger charge is -2.43. The number of hydrogen-bond donors (Lipinski definition) is 1. The molecule has 2 unspecified atom stereocenters. The topological polar surface area (TPSA) is 24.5 Å². The van der Waals surface area contributed by atoms with E-state index < -0.39 is 0 Å². The van der Waals surface area contributed by atoms with E-state index in [4.69, 9.17) is 4.74 Å². The van der Waals surface area contributed by atoms with Crippen LogP contribution in [0.1, 0.15) is 41.5 Å². The second-order valence-corrected chi connectivity index (χ2v) is 6.23. The van der Waals surface area contributed by atoms with E-state index in [0.717, 1.165) is 26.2 Å². The summed E-state index contributed by atoms with van der Waals surface area (Å²) in [7, 11) is 0. The molecule has 3 nitrogen and oxygen atoms in total. The standard InChI is InChI=1S/C14H30N2O/c1-7-17-14(5,6)10-16-9-13(11(2)3)15-8-12(16)4/h11-13,15H,7-10H2,1-6H3. The molecule has 1 N–H and O–H groups in total. The Morgan fingerprint density at radius 2 is 2.06 bits per heavy atom. The van der Waals surface area contributed by atoms with Gasteiger partial charge in [0.15, 0.2) is 0 Å². The summed E-state index contributed by atoms with van der Waals surface area (Å²) < 4.78 is 5.81. The fourth-order valence-corrected chi connectivity index (χ4v) is 2.54. The van der Waals surface area contributed by atoms with E-state index in [1.165, 1.54) is 0 Å². The molecule has 1 aliphatic rings. The maximum atomic E-state index is 5.81. The lowest BCUT2D eigenvalue weighted by molar-refractivity contribution is -0.0486. The minimum atomic E-state index is -0.0398. The molecule has 1 fully saturated rings. The molecule has 17 heavy (non-hydrogen) atoms. The molecule has 0 aromatic carbocycles. The smallest absolute Gasteiger partial charge is 0.0752 e. The summed E-state index contributed by atoms with van der Waals surface area (Å²) in [6.45, 7) is 17.4. The molecule has 0 aromatic rings. The van der Waals surface area contributed by atoms with Crippen LogP contribution in [0.5, 0.6) is 0 Å². The summed E-state index contributed by atoms with van der Waals surface area (Å²) in [4.78, 5) is 2.57. The SMILES string of the molecule is CCOC(C)(C)CN1CC(C(C)C)NCC1C. The van der Waals surface area contributed by atoms with Crippen LogP contribution >= 0.6 is 0 Å². The van der Waals surface area contributed by atoms with Gasteiger partial charge in [0.05, 0.1) is 5.60 Å². The van der Waals surface area contributed by atoms with Crippen LogP contribution in [0.3, 0.4) is 0 Å². The van der Waals surface area contributed by atoms with E-state index in [0.29, 0.717) is 18.0 Å². The lowest BCUT2D eigenvalue weighted by Crippen LogP contribution is -2.59. The maximum Gasteiger partial charge on any atom is 0.0752 e. The molecule has 0 aliphatic carbocycles. The molecule has 0 aromatic heterocycles. The molecule has 1 aliphatic heterocycles. The minimum absolute atomic E-state index is 0.0398. The van der Waals surface area contributed by atoms with Crippen LogP contribution in [-0.2, 0) is 4.74 Å². The first-order valence-corrected chi connectivity index (χ1v) is 6.97. The van der Waals surface area contributed by atoms with Crippen molar-refractivity contribution < 1.29 is 4.74 Å². The molecule has 0 amide bonds. The Bertz CT molecular complexity index is 228. The third-order valence-corrected chi connectivity index (χ3v) is 3.65. The predicted molar refractivity (Wildman–Crippen MR) is 73.4 cm³/mol. The van der Waals surface area contributed by atoms with Crippen molar-refractivity contribution in [1.29, 1.82) is 0 Å².